The number of hydrogen-bond acceptors (Lipinski definition) is 3. The van der Waals surface area contributed by atoms with Crippen molar-refractivity contribution in [2.45, 2.75) is 6.92 Å². The molecule has 0 N–H and O–H groups in total. The Hall–Kier alpha value is -2.67. The molecule has 2 aromatic rings. The number of aliphatic imine (C=N–C) groups is 1. The molecule has 0 saturated heterocycles. The highest BCUT2D eigenvalue weighted by atomic mass is 19.1. The van der Waals surface area contributed by atoms with Gasteiger partial charge in [0.2, 0.25) is 0 Å². The van der Waals surface area contributed by atoms with Gasteiger partial charge in [-0.05, 0) is 49.4 Å². The summed E-state index contributed by atoms with van der Waals surface area (Å²) in [6.07, 6.45) is 1.44. The molecule has 0 aliphatic rings. The normalized spacial score (nSPS) is 10.4. The lowest BCUT2D eigenvalue weighted by atomic mass is 10.2. The smallest absolute Gasteiger partial charge is 0.132 e. The van der Waals surface area contributed by atoms with Crippen molar-refractivity contribution in [3.63, 3.8) is 0 Å². The summed E-state index contributed by atoms with van der Waals surface area (Å²) >= 11 is 0. The van der Waals surface area contributed by atoms with Crippen LogP contribution in [0.15, 0.2) is 47.5 Å². The zero-order chi connectivity index (χ0) is 14.4. The van der Waals surface area contributed by atoms with E-state index in [1.165, 1.54) is 12.3 Å². The molecule has 3 nitrogen and oxygen atoms in total. The summed E-state index contributed by atoms with van der Waals surface area (Å²) in [7, 11) is 0. The van der Waals surface area contributed by atoms with Gasteiger partial charge in [-0.2, -0.15) is 5.26 Å². The molecule has 0 radical (unpaired) electrons. The lowest BCUT2D eigenvalue weighted by Crippen LogP contribution is -1.94. The average Bonchev–Trinajstić information content (AvgIpc) is 2.48. The molecular formula is C16H13FN2O. The molecule has 0 heterocycles. The minimum Gasteiger partial charge on any atom is -0.494 e. The van der Waals surface area contributed by atoms with Gasteiger partial charge >= 0.3 is 0 Å². The third-order valence-corrected chi connectivity index (χ3v) is 2.63. The van der Waals surface area contributed by atoms with Crippen molar-refractivity contribution in [1.82, 2.24) is 0 Å². The van der Waals surface area contributed by atoms with Crippen molar-refractivity contribution in [2.24, 2.45) is 4.99 Å². The second kappa shape index (κ2) is 6.48. The van der Waals surface area contributed by atoms with Crippen LogP contribution in [0.5, 0.6) is 5.75 Å². The third-order valence-electron chi connectivity index (χ3n) is 2.63. The van der Waals surface area contributed by atoms with Gasteiger partial charge in [-0.15, -0.1) is 0 Å². The average molecular weight is 268 g/mol. The first kappa shape index (κ1) is 13.8. The van der Waals surface area contributed by atoms with E-state index in [1.54, 1.807) is 36.4 Å². The number of benzene rings is 2. The monoisotopic (exact) mass is 268 g/mol. The lowest BCUT2D eigenvalue weighted by Gasteiger charge is -2.04. The van der Waals surface area contributed by atoms with Crippen molar-refractivity contribution in [3.05, 3.63) is 59.4 Å². The minimum absolute atomic E-state index is 0.356. The molecule has 20 heavy (non-hydrogen) atoms. The van der Waals surface area contributed by atoms with E-state index in [-0.39, 0.29) is 5.82 Å². The van der Waals surface area contributed by atoms with E-state index >= 15 is 0 Å². The lowest BCUT2D eigenvalue weighted by molar-refractivity contribution is 0.339. The first-order valence-corrected chi connectivity index (χ1v) is 6.19. The van der Waals surface area contributed by atoms with E-state index in [1.807, 2.05) is 13.0 Å². The van der Waals surface area contributed by atoms with Gasteiger partial charge in [0, 0.05) is 11.8 Å². The molecule has 0 saturated carbocycles. The van der Waals surface area contributed by atoms with Crippen molar-refractivity contribution in [1.29, 1.82) is 5.26 Å². The fraction of sp³-hybridized carbons (Fsp3) is 0.125. The van der Waals surface area contributed by atoms with Crippen molar-refractivity contribution < 1.29 is 9.13 Å². The number of hydrogen-bond donors (Lipinski definition) is 0. The molecule has 0 amide bonds. The van der Waals surface area contributed by atoms with Gasteiger partial charge in [-0.25, -0.2) is 4.39 Å². The molecule has 0 bridgehead atoms. The van der Waals surface area contributed by atoms with Gasteiger partial charge in [-0.3, -0.25) is 4.99 Å². The van der Waals surface area contributed by atoms with Gasteiger partial charge in [0.05, 0.1) is 23.9 Å². The van der Waals surface area contributed by atoms with Crippen LogP contribution in [0.4, 0.5) is 10.1 Å². The van der Waals surface area contributed by atoms with Crippen LogP contribution in [0.2, 0.25) is 0 Å². The molecule has 0 fully saturated rings. The molecule has 2 aromatic carbocycles. The van der Waals surface area contributed by atoms with Crippen LogP contribution in [-0.2, 0) is 0 Å². The molecule has 0 aromatic heterocycles. The highest BCUT2D eigenvalue weighted by Crippen LogP contribution is 2.17. The fourth-order valence-corrected chi connectivity index (χ4v) is 1.64. The Kier molecular flexibility index (Phi) is 4.46. The molecule has 0 aliphatic heterocycles. The maximum Gasteiger partial charge on any atom is 0.132 e. The van der Waals surface area contributed by atoms with E-state index in [4.69, 9.17) is 10.00 Å². The topological polar surface area (TPSA) is 45.4 Å². The quantitative estimate of drug-likeness (QED) is 0.791. The number of ether oxygens (including phenoxy) is 1. The van der Waals surface area contributed by atoms with E-state index in [0.717, 1.165) is 0 Å². The van der Waals surface area contributed by atoms with Crippen LogP contribution in [0.1, 0.15) is 18.1 Å². The van der Waals surface area contributed by atoms with Gasteiger partial charge in [0.15, 0.2) is 0 Å². The highest BCUT2D eigenvalue weighted by molar-refractivity contribution is 5.82. The van der Waals surface area contributed by atoms with Gasteiger partial charge < -0.3 is 4.74 Å². The standard InChI is InChI=1S/C16H13FN2O/c1-2-20-15-7-8-16(17)13(9-15)11-19-14-5-3-12(10-18)4-6-14/h3-9,11H,2H2,1H3. The van der Waals surface area contributed by atoms with E-state index < -0.39 is 0 Å². The van der Waals surface area contributed by atoms with Crippen LogP contribution in [0, 0.1) is 17.1 Å². The Labute approximate surface area is 117 Å². The minimum atomic E-state index is -0.356. The first-order valence-electron chi connectivity index (χ1n) is 6.19. The van der Waals surface area contributed by atoms with Crippen LogP contribution >= 0.6 is 0 Å². The molecule has 2 rings (SSSR count). The number of halogens is 1. The van der Waals surface area contributed by atoms with Gasteiger partial charge in [-0.1, -0.05) is 0 Å². The maximum atomic E-state index is 13.6. The first-order chi connectivity index (χ1) is 9.72. The van der Waals surface area contributed by atoms with E-state index in [2.05, 4.69) is 4.99 Å². The van der Waals surface area contributed by atoms with Crippen molar-refractivity contribution in [2.75, 3.05) is 6.61 Å². The van der Waals surface area contributed by atoms with Gasteiger partial charge in [0.1, 0.15) is 11.6 Å². The van der Waals surface area contributed by atoms with Crippen LogP contribution in [0.25, 0.3) is 0 Å². The van der Waals surface area contributed by atoms with E-state index in [0.29, 0.717) is 29.2 Å². The Balaban J connectivity index is 2.21. The molecule has 4 heteroatoms. The fourth-order valence-electron chi connectivity index (χ4n) is 1.64. The predicted molar refractivity (Wildman–Crippen MR) is 76.0 cm³/mol. The summed E-state index contributed by atoms with van der Waals surface area (Å²) in [6, 6.07) is 13.3. The van der Waals surface area contributed by atoms with Crippen LogP contribution < -0.4 is 4.74 Å². The van der Waals surface area contributed by atoms with E-state index in [9.17, 15) is 4.39 Å². The Morgan fingerprint density at radius 1 is 1.25 bits per heavy atom. The SMILES string of the molecule is CCOc1ccc(F)c(C=Nc2ccc(C#N)cc2)c1. The Morgan fingerprint density at radius 2 is 2.00 bits per heavy atom. The zero-order valence-corrected chi connectivity index (χ0v) is 11.0. The number of nitrogens with zero attached hydrogens (tertiary/aromatic N) is 2. The second-order valence-corrected chi connectivity index (χ2v) is 4.03. The Morgan fingerprint density at radius 3 is 2.65 bits per heavy atom. The summed E-state index contributed by atoms with van der Waals surface area (Å²) < 4.78 is 19.0. The molecule has 100 valence electrons. The van der Waals surface area contributed by atoms with Crippen LogP contribution in [-0.4, -0.2) is 12.8 Å². The number of rotatable bonds is 4. The molecule has 0 spiro atoms. The number of nitriles is 1. The third kappa shape index (κ3) is 3.42. The summed E-state index contributed by atoms with van der Waals surface area (Å²) in [4.78, 5) is 4.18. The molecule has 0 aliphatic carbocycles. The zero-order valence-electron chi connectivity index (χ0n) is 11.0. The predicted octanol–water partition coefficient (Wildman–Crippen LogP) is 3.85. The molecule has 0 unspecified atom stereocenters. The summed E-state index contributed by atoms with van der Waals surface area (Å²) in [5.41, 5.74) is 1.58. The van der Waals surface area contributed by atoms with Crippen molar-refractivity contribution in [3.8, 4) is 11.8 Å². The van der Waals surface area contributed by atoms with Crippen LogP contribution in [0.3, 0.4) is 0 Å². The van der Waals surface area contributed by atoms with Crippen molar-refractivity contribution >= 4 is 11.9 Å². The maximum absolute atomic E-state index is 13.6. The second-order valence-electron chi connectivity index (χ2n) is 4.03. The summed E-state index contributed by atoms with van der Waals surface area (Å²) in [5.74, 6) is 0.251. The largest absolute Gasteiger partial charge is 0.494 e. The van der Waals surface area contributed by atoms with Gasteiger partial charge in [0.25, 0.3) is 0 Å². The molecule has 0 atom stereocenters. The molecular weight excluding hydrogens is 255 g/mol. The Bertz CT molecular complexity index is 657. The highest BCUT2D eigenvalue weighted by Gasteiger charge is 2.02. The summed E-state index contributed by atoms with van der Waals surface area (Å²) in [5, 5.41) is 8.70. The summed E-state index contributed by atoms with van der Waals surface area (Å²) in [6.45, 7) is 2.39.